The molecule has 0 heterocycles. The molecular formula is C15H21BrFNO. The maximum atomic E-state index is 13.4. The lowest BCUT2D eigenvalue weighted by molar-refractivity contribution is -0.121. The SMILES string of the molecule is CC(N)CCCC(C)C(=O)Cc1cccc(F)c1Br. The van der Waals surface area contributed by atoms with E-state index in [1.54, 1.807) is 12.1 Å². The first-order valence-electron chi connectivity index (χ1n) is 6.63. The van der Waals surface area contributed by atoms with Gasteiger partial charge in [0.05, 0.1) is 4.47 Å². The fourth-order valence-electron chi connectivity index (χ4n) is 1.95. The van der Waals surface area contributed by atoms with Crippen LogP contribution in [0.5, 0.6) is 0 Å². The van der Waals surface area contributed by atoms with Gasteiger partial charge in [-0.2, -0.15) is 0 Å². The van der Waals surface area contributed by atoms with E-state index in [0.717, 1.165) is 19.3 Å². The van der Waals surface area contributed by atoms with Gasteiger partial charge >= 0.3 is 0 Å². The Bertz CT molecular complexity index is 434. The number of halogens is 2. The van der Waals surface area contributed by atoms with Crippen LogP contribution in [0.25, 0.3) is 0 Å². The number of carbonyl (C=O) groups excluding carboxylic acids is 1. The summed E-state index contributed by atoms with van der Waals surface area (Å²) in [6.45, 7) is 3.90. The van der Waals surface area contributed by atoms with Crippen LogP contribution in [0.2, 0.25) is 0 Å². The molecule has 4 heteroatoms. The summed E-state index contributed by atoms with van der Waals surface area (Å²) in [7, 11) is 0. The molecule has 0 radical (unpaired) electrons. The van der Waals surface area contributed by atoms with Crippen LogP contribution in [0.15, 0.2) is 22.7 Å². The molecule has 19 heavy (non-hydrogen) atoms. The van der Waals surface area contributed by atoms with Crippen molar-refractivity contribution < 1.29 is 9.18 Å². The number of hydrogen-bond acceptors (Lipinski definition) is 2. The van der Waals surface area contributed by atoms with Crippen molar-refractivity contribution in [2.45, 2.75) is 45.6 Å². The van der Waals surface area contributed by atoms with E-state index in [-0.39, 0.29) is 30.0 Å². The van der Waals surface area contributed by atoms with Gasteiger partial charge in [-0.15, -0.1) is 0 Å². The van der Waals surface area contributed by atoms with Gasteiger partial charge in [-0.3, -0.25) is 4.79 Å². The Morgan fingerprint density at radius 1 is 1.37 bits per heavy atom. The van der Waals surface area contributed by atoms with Crippen LogP contribution in [0.1, 0.15) is 38.7 Å². The first-order valence-corrected chi connectivity index (χ1v) is 7.42. The molecule has 2 unspecified atom stereocenters. The Morgan fingerprint density at radius 2 is 2.05 bits per heavy atom. The van der Waals surface area contributed by atoms with Crippen molar-refractivity contribution in [2.75, 3.05) is 0 Å². The van der Waals surface area contributed by atoms with Gasteiger partial charge < -0.3 is 5.73 Å². The minimum atomic E-state index is -0.324. The molecule has 0 amide bonds. The van der Waals surface area contributed by atoms with Gasteiger partial charge in [-0.1, -0.05) is 25.5 Å². The third-order valence-corrected chi connectivity index (χ3v) is 4.13. The quantitative estimate of drug-likeness (QED) is 0.825. The Labute approximate surface area is 122 Å². The highest BCUT2D eigenvalue weighted by Crippen LogP contribution is 2.22. The molecule has 2 atom stereocenters. The molecule has 2 N–H and O–H groups in total. The summed E-state index contributed by atoms with van der Waals surface area (Å²) in [6.07, 6.45) is 3.00. The summed E-state index contributed by atoms with van der Waals surface area (Å²) in [6, 6.07) is 4.97. The van der Waals surface area contributed by atoms with Crippen LogP contribution in [0, 0.1) is 11.7 Å². The third-order valence-electron chi connectivity index (χ3n) is 3.24. The van der Waals surface area contributed by atoms with Crippen LogP contribution in [-0.2, 0) is 11.2 Å². The van der Waals surface area contributed by atoms with E-state index >= 15 is 0 Å². The minimum Gasteiger partial charge on any atom is -0.328 e. The highest BCUT2D eigenvalue weighted by molar-refractivity contribution is 9.10. The Hall–Kier alpha value is -0.740. The van der Waals surface area contributed by atoms with E-state index < -0.39 is 0 Å². The smallest absolute Gasteiger partial charge is 0.140 e. The van der Waals surface area contributed by atoms with E-state index in [2.05, 4.69) is 15.9 Å². The summed E-state index contributed by atoms with van der Waals surface area (Å²) in [5.74, 6) is -0.181. The van der Waals surface area contributed by atoms with E-state index in [1.807, 2.05) is 13.8 Å². The van der Waals surface area contributed by atoms with Crippen molar-refractivity contribution in [3.05, 3.63) is 34.1 Å². The van der Waals surface area contributed by atoms with E-state index in [9.17, 15) is 9.18 Å². The summed E-state index contributed by atoms with van der Waals surface area (Å²) in [4.78, 5) is 12.1. The van der Waals surface area contributed by atoms with Gasteiger partial charge in [-0.25, -0.2) is 4.39 Å². The molecule has 0 aliphatic carbocycles. The molecule has 0 bridgehead atoms. The third kappa shape index (κ3) is 5.41. The summed E-state index contributed by atoms with van der Waals surface area (Å²) in [5.41, 5.74) is 6.39. The lowest BCUT2D eigenvalue weighted by atomic mass is 9.94. The first kappa shape index (κ1) is 16.3. The number of rotatable bonds is 7. The zero-order valence-corrected chi connectivity index (χ0v) is 13.0. The van der Waals surface area contributed by atoms with Crippen molar-refractivity contribution in [1.82, 2.24) is 0 Å². The lowest BCUT2D eigenvalue weighted by Crippen LogP contribution is -2.17. The average molecular weight is 330 g/mol. The second-order valence-corrected chi connectivity index (χ2v) is 5.96. The molecule has 0 aliphatic rings. The summed E-state index contributed by atoms with van der Waals surface area (Å²) < 4.78 is 13.7. The normalized spacial score (nSPS) is 14.2. The van der Waals surface area contributed by atoms with Gasteiger partial charge in [0, 0.05) is 18.4 Å². The van der Waals surface area contributed by atoms with Crippen molar-refractivity contribution in [1.29, 1.82) is 0 Å². The fraction of sp³-hybridized carbons (Fsp3) is 0.533. The van der Waals surface area contributed by atoms with E-state index in [1.165, 1.54) is 6.07 Å². The van der Waals surface area contributed by atoms with Crippen LogP contribution in [0.3, 0.4) is 0 Å². The fourth-order valence-corrected chi connectivity index (χ4v) is 2.36. The van der Waals surface area contributed by atoms with Gasteiger partial charge in [0.2, 0.25) is 0 Å². The molecule has 0 fully saturated rings. The molecular weight excluding hydrogens is 309 g/mol. The maximum Gasteiger partial charge on any atom is 0.140 e. The van der Waals surface area contributed by atoms with Crippen LogP contribution in [0.4, 0.5) is 4.39 Å². The zero-order chi connectivity index (χ0) is 14.4. The molecule has 1 aromatic carbocycles. The summed E-state index contributed by atoms with van der Waals surface area (Å²) >= 11 is 3.19. The minimum absolute atomic E-state index is 0.00563. The number of carbonyl (C=O) groups is 1. The molecule has 106 valence electrons. The van der Waals surface area contributed by atoms with E-state index in [0.29, 0.717) is 10.0 Å². The molecule has 1 aromatic rings. The van der Waals surface area contributed by atoms with Crippen LogP contribution >= 0.6 is 15.9 Å². The van der Waals surface area contributed by atoms with Gasteiger partial charge in [0.1, 0.15) is 11.6 Å². The monoisotopic (exact) mass is 329 g/mol. The standard InChI is InChI=1S/C15H21BrFNO/c1-10(5-3-6-11(2)18)14(19)9-12-7-4-8-13(17)15(12)16/h4,7-8,10-11H,3,5-6,9,18H2,1-2H3. The number of nitrogens with two attached hydrogens (primary N) is 1. The Balaban J connectivity index is 2.52. The first-order chi connectivity index (χ1) is 8.91. The largest absolute Gasteiger partial charge is 0.328 e. The topological polar surface area (TPSA) is 43.1 Å². The van der Waals surface area contributed by atoms with Gasteiger partial charge in [-0.05, 0) is 47.3 Å². The molecule has 0 aliphatic heterocycles. The van der Waals surface area contributed by atoms with Crippen molar-refractivity contribution in [2.24, 2.45) is 11.7 Å². The second kappa shape index (κ2) is 7.75. The maximum absolute atomic E-state index is 13.4. The van der Waals surface area contributed by atoms with Crippen molar-refractivity contribution in [3.8, 4) is 0 Å². The highest BCUT2D eigenvalue weighted by Gasteiger charge is 2.16. The van der Waals surface area contributed by atoms with Crippen LogP contribution in [-0.4, -0.2) is 11.8 Å². The molecule has 0 saturated heterocycles. The molecule has 1 rings (SSSR count). The number of ketones is 1. The predicted octanol–water partition coefficient (Wildman–Crippen LogP) is 3.85. The molecule has 2 nitrogen and oxygen atoms in total. The zero-order valence-electron chi connectivity index (χ0n) is 11.5. The predicted molar refractivity (Wildman–Crippen MR) is 79.5 cm³/mol. The van der Waals surface area contributed by atoms with Crippen molar-refractivity contribution in [3.63, 3.8) is 0 Å². The van der Waals surface area contributed by atoms with Gasteiger partial charge in [0.15, 0.2) is 0 Å². The molecule has 0 saturated carbocycles. The van der Waals surface area contributed by atoms with Crippen LogP contribution < -0.4 is 5.73 Å². The molecule has 0 aromatic heterocycles. The number of Topliss-reactive ketones (excluding diaryl/α,β-unsaturated/α-hetero) is 1. The molecule has 0 spiro atoms. The summed E-state index contributed by atoms with van der Waals surface area (Å²) in [5, 5.41) is 0. The van der Waals surface area contributed by atoms with E-state index in [4.69, 9.17) is 5.73 Å². The average Bonchev–Trinajstić information content (AvgIpc) is 2.34. The number of benzene rings is 1. The van der Waals surface area contributed by atoms with Gasteiger partial charge in [0.25, 0.3) is 0 Å². The number of hydrogen-bond donors (Lipinski definition) is 1. The Morgan fingerprint density at radius 3 is 2.68 bits per heavy atom. The van der Waals surface area contributed by atoms with Crippen molar-refractivity contribution >= 4 is 21.7 Å². The second-order valence-electron chi connectivity index (χ2n) is 5.17. The highest BCUT2D eigenvalue weighted by atomic mass is 79.9. The Kier molecular flexibility index (Phi) is 6.66. The lowest BCUT2D eigenvalue weighted by Gasteiger charge is -2.12.